The summed E-state index contributed by atoms with van der Waals surface area (Å²) in [5.41, 5.74) is 1.52. The molecule has 3 heteroatoms. The maximum Gasteiger partial charge on any atom is 0.00218 e. The second-order valence-electron chi connectivity index (χ2n) is 6.65. The first-order valence-electron chi connectivity index (χ1n) is 8.37. The third-order valence-corrected chi connectivity index (χ3v) is 4.99. The number of halogens is 1. The van der Waals surface area contributed by atoms with E-state index in [2.05, 4.69) is 40.5 Å². The maximum atomic E-state index is 3.54. The second kappa shape index (κ2) is 8.77. The van der Waals surface area contributed by atoms with Crippen LogP contribution in [-0.2, 0) is 6.42 Å². The van der Waals surface area contributed by atoms with Crippen LogP contribution in [-0.4, -0.2) is 37.6 Å². The Bertz CT molecular complexity index is 381. The molecule has 0 amide bonds. The van der Waals surface area contributed by atoms with Gasteiger partial charge in [-0.25, -0.2) is 0 Å². The van der Waals surface area contributed by atoms with Crippen molar-refractivity contribution in [3.05, 3.63) is 35.9 Å². The Labute approximate surface area is 135 Å². The Morgan fingerprint density at radius 2 is 1.76 bits per heavy atom. The first kappa shape index (κ1) is 16.8. The first-order chi connectivity index (χ1) is 9.90. The summed E-state index contributed by atoms with van der Waals surface area (Å²) in [5, 5.41) is 3.54. The van der Waals surface area contributed by atoms with Gasteiger partial charge in [-0.2, -0.15) is 0 Å². The lowest BCUT2D eigenvalue weighted by atomic mass is 9.89. The zero-order chi connectivity index (χ0) is 13.6. The van der Waals surface area contributed by atoms with Crippen molar-refractivity contribution in [2.24, 2.45) is 11.8 Å². The summed E-state index contributed by atoms with van der Waals surface area (Å²) in [5.74, 6) is 1.80. The Morgan fingerprint density at radius 3 is 2.43 bits per heavy atom. The van der Waals surface area contributed by atoms with Gasteiger partial charge in [0.05, 0.1) is 0 Å². The van der Waals surface area contributed by atoms with Gasteiger partial charge in [0.1, 0.15) is 0 Å². The molecule has 0 bridgehead atoms. The molecule has 0 radical (unpaired) electrons. The minimum Gasteiger partial charge on any atom is -0.316 e. The number of benzene rings is 1. The highest BCUT2D eigenvalue weighted by Crippen LogP contribution is 2.23. The average molecular weight is 309 g/mol. The molecule has 2 aliphatic rings. The number of hydrogen-bond acceptors (Lipinski definition) is 2. The quantitative estimate of drug-likeness (QED) is 0.917. The van der Waals surface area contributed by atoms with Crippen molar-refractivity contribution >= 4 is 12.4 Å². The summed E-state index contributed by atoms with van der Waals surface area (Å²) in [6, 6.07) is 11.0. The molecule has 2 heterocycles. The molecule has 0 aliphatic carbocycles. The van der Waals surface area contributed by atoms with Gasteiger partial charge in [0.2, 0.25) is 0 Å². The molecule has 0 spiro atoms. The molecule has 3 rings (SSSR count). The minimum absolute atomic E-state index is 0. The van der Waals surface area contributed by atoms with Gasteiger partial charge in [-0.15, -0.1) is 12.4 Å². The van der Waals surface area contributed by atoms with Crippen LogP contribution >= 0.6 is 12.4 Å². The highest BCUT2D eigenvalue weighted by molar-refractivity contribution is 5.85. The molecule has 0 saturated carbocycles. The van der Waals surface area contributed by atoms with Gasteiger partial charge >= 0.3 is 0 Å². The van der Waals surface area contributed by atoms with E-state index in [0.717, 1.165) is 11.8 Å². The second-order valence-corrected chi connectivity index (χ2v) is 6.65. The lowest BCUT2D eigenvalue weighted by molar-refractivity contribution is 0.150. The van der Waals surface area contributed by atoms with Crippen LogP contribution in [0.2, 0.25) is 0 Å². The Morgan fingerprint density at radius 1 is 1.00 bits per heavy atom. The molecule has 2 aliphatic heterocycles. The van der Waals surface area contributed by atoms with E-state index >= 15 is 0 Å². The highest BCUT2D eigenvalue weighted by Gasteiger charge is 2.22. The van der Waals surface area contributed by atoms with Crippen molar-refractivity contribution in [3.63, 3.8) is 0 Å². The van der Waals surface area contributed by atoms with Crippen LogP contribution < -0.4 is 5.32 Å². The molecule has 118 valence electrons. The zero-order valence-corrected chi connectivity index (χ0v) is 13.8. The minimum atomic E-state index is 0. The van der Waals surface area contributed by atoms with Gasteiger partial charge in [0.15, 0.2) is 0 Å². The molecule has 21 heavy (non-hydrogen) atoms. The van der Waals surface area contributed by atoms with Crippen molar-refractivity contribution in [3.8, 4) is 0 Å². The van der Waals surface area contributed by atoms with Gasteiger partial charge in [-0.05, 0) is 75.7 Å². The van der Waals surface area contributed by atoms with Gasteiger partial charge in [-0.3, -0.25) is 0 Å². The normalized spacial score (nSPS) is 24.5. The number of hydrogen-bond donors (Lipinski definition) is 1. The number of piperidine rings is 2. The number of nitrogens with one attached hydrogen (secondary N) is 1. The molecule has 2 saturated heterocycles. The average Bonchev–Trinajstić information content (AvgIpc) is 2.51. The van der Waals surface area contributed by atoms with Crippen LogP contribution in [0.5, 0.6) is 0 Å². The van der Waals surface area contributed by atoms with E-state index in [0.29, 0.717) is 0 Å². The number of nitrogens with zero attached hydrogens (tertiary/aromatic N) is 1. The van der Waals surface area contributed by atoms with Crippen LogP contribution in [0.25, 0.3) is 0 Å². The Balaban J connectivity index is 0.00000161. The van der Waals surface area contributed by atoms with Crippen LogP contribution in [0.1, 0.15) is 31.2 Å². The molecule has 1 unspecified atom stereocenters. The summed E-state index contributed by atoms with van der Waals surface area (Å²) in [6.07, 6.45) is 6.84. The fourth-order valence-electron chi connectivity index (χ4n) is 3.77. The predicted octanol–water partition coefficient (Wildman–Crippen LogP) is 3.36. The van der Waals surface area contributed by atoms with Gasteiger partial charge in [0.25, 0.3) is 0 Å². The molecule has 1 N–H and O–H groups in total. The van der Waals surface area contributed by atoms with Crippen LogP contribution in [0.15, 0.2) is 30.3 Å². The summed E-state index contributed by atoms with van der Waals surface area (Å²) < 4.78 is 0. The maximum absolute atomic E-state index is 3.54. The number of rotatable bonds is 4. The third-order valence-electron chi connectivity index (χ3n) is 4.99. The first-order valence-corrected chi connectivity index (χ1v) is 8.37. The van der Waals surface area contributed by atoms with E-state index in [4.69, 9.17) is 0 Å². The predicted molar refractivity (Wildman–Crippen MR) is 92.2 cm³/mol. The van der Waals surface area contributed by atoms with Crippen LogP contribution in [0.4, 0.5) is 0 Å². The molecule has 1 aromatic carbocycles. The largest absolute Gasteiger partial charge is 0.316 e. The smallest absolute Gasteiger partial charge is 0.00218 e. The number of likely N-dealkylation sites (tertiary alicyclic amines) is 1. The lowest BCUT2D eigenvalue weighted by Gasteiger charge is -2.35. The molecule has 1 atom stereocenters. The van der Waals surface area contributed by atoms with E-state index in [-0.39, 0.29) is 12.4 Å². The SMILES string of the molecule is Cl.c1ccc(CC2CCN(CC3CCCNC3)CC2)cc1. The van der Waals surface area contributed by atoms with Gasteiger partial charge in [0, 0.05) is 6.54 Å². The summed E-state index contributed by atoms with van der Waals surface area (Å²) in [6.45, 7) is 6.42. The zero-order valence-electron chi connectivity index (χ0n) is 13.0. The van der Waals surface area contributed by atoms with Crippen molar-refractivity contribution in [1.82, 2.24) is 10.2 Å². The summed E-state index contributed by atoms with van der Waals surface area (Å²) in [7, 11) is 0. The fourth-order valence-corrected chi connectivity index (χ4v) is 3.77. The van der Waals surface area contributed by atoms with E-state index in [9.17, 15) is 0 Å². The van der Waals surface area contributed by atoms with E-state index in [1.807, 2.05) is 0 Å². The molecule has 1 aromatic rings. The highest BCUT2D eigenvalue weighted by atomic mass is 35.5. The van der Waals surface area contributed by atoms with Gasteiger partial charge < -0.3 is 10.2 Å². The van der Waals surface area contributed by atoms with Crippen molar-refractivity contribution in [2.45, 2.75) is 32.1 Å². The van der Waals surface area contributed by atoms with Crippen molar-refractivity contribution in [2.75, 3.05) is 32.7 Å². The van der Waals surface area contributed by atoms with E-state index < -0.39 is 0 Å². The molecule has 0 aromatic heterocycles. The van der Waals surface area contributed by atoms with E-state index in [1.165, 1.54) is 70.4 Å². The molecule has 2 fully saturated rings. The monoisotopic (exact) mass is 308 g/mol. The van der Waals surface area contributed by atoms with Crippen LogP contribution in [0, 0.1) is 11.8 Å². The third kappa shape index (κ3) is 5.28. The lowest BCUT2D eigenvalue weighted by Crippen LogP contribution is -2.42. The topological polar surface area (TPSA) is 15.3 Å². The van der Waals surface area contributed by atoms with E-state index in [1.54, 1.807) is 0 Å². The molecular weight excluding hydrogens is 280 g/mol. The van der Waals surface area contributed by atoms with Gasteiger partial charge in [-0.1, -0.05) is 30.3 Å². The summed E-state index contributed by atoms with van der Waals surface area (Å²) >= 11 is 0. The Hall–Kier alpha value is -0.570. The van der Waals surface area contributed by atoms with Crippen molar-refractivity contribution in [1.29, 1.82) is 0 Å². The standard InChI is InChI=1S/C18H28N2.ClH/c1-2-5-16(6-3-1)13-17-8-11-20(12-9-17)15-18-7-4-10-19-14-18;/h1-3,5-6,17-19H,4,7-15H2;1H. The summed E-state index contributed by atoms with van der Waals surface area (Å²) in [4.78, 5) is 2.71. The fraction of sp³-hybridized carbons (Fsp3) is 0.667. The molecular formula is C18H29ClN2. The Kier molecular flexibility index (Phi) is 7.01. The molecule has 2 nitrogen and oxygen atoms in total. The van der Waals surface area contributed by atoms with Crippen LogP contribution in [0.3, 0.4) is 0 Å². The van der Waals surface area contributed by atoms with Crippen molar-refractivity contribution < 1.29 is 0 Å².